The molecule has 2 atom stereocenters. The summed E-state index contributed by atoms with van der Waals surface area (Å²) in [4.78, 5) is 0. The number of hydrogen-bond acceptors (Lipinski definition) is 5. The van der Waals surface area contributed by atoms with Gasteiger partial charge in [0.25, 0.3) is 0 Å². The van der Waals surface area contributed by atoms with Crippen LogP contribution in [0.15, 0.2) is 35.9 Å². The Balaban J connectivity index is 1.81. The van der Waals surface area contributed by atoms with Gasteiger partial charge in [0.2, 0.25) is 0 Å². The first-order valence-electron chi connectivity index (χ1n) is 10.5. The molecule has 2 aromatic rings. The van der Waals surface area contributed by atoms with E-state index in [4.69, 9.17) is 9.47 Å². The van der Waals surface area contributed by atoms with E-state index in [1.807, 2.05) is 39.8 Å². The summed E-state index contributed by atoms with van der Waals surface area (Å²) in [6.45, 7) is 7.72. The number of fused-ring (bicyclic) bond motifs is 2. The van der Waals surface area contributed by atoms with Crippen LogP contribution in [-0.2, 0) is 19.3 Å². The molecule has 2 aromatic carbocycles. The van der Waals surface area contributed by atoms with E-state index >= 15 is 0 Å². The quantitative estimate of drug-likeness (QED) is 0.637. The summed E-state index contributed by atoms with van der Waals surface area (Å²) in [5.41, 5.74) is 3.96. The van der Waals surface area contributed by atoms with E-state index in [0.29, 0.717) is 24.3 Å². The molecule has 0 unspecified atom stereocenters. The molecular weight excluding hydrogens is 380 g/mol. The van der Waals surface area contributed by atoms with Crippen LogP contribution in [0.2, 0.25) is 0 Å². The molecule has 5 heteroatoms. The first-order chi connectivity index (χ1) is 14.2. The number of aryl methyl sites for hydroxylation is 1. The largest absolute Gasteiger partial charge is 0.508 e. The number of hydrogen-bond donors (Lipinski definition) is 3. The maximum Gasteiger partial charge on any atom is 0.165 e. The predicted octanol–water partition coefficient (Wildman–Crippen LogP) is 4.75. The van der Waals surface area contributed by atoms with Crippen molar-refractivity contribution in [2.75, 3.05) is 0 Å². The third kappa shape index (κ3) is 3.74. The second-order valence-corrected chi connectivity index (χ2v) is 9.13. The molecule has 4 rings (SSSR count). The third-order valence-corrected chi connectivity index (χ3v) is 6.11. The van der Waals surface area contributed by atoms with Gasteiger partial charge in [0, 0.05) is 23.6 Å². The van der Waals surface area contributed by atoms with Gasteiger partial charge in [-0.15, -0.1) is 0 Å². The van der Waals surface area contributed by atoms with Crippen LogP contribution in [0.1, 0.15) is 62.5 Å². The van der Waals surface area contributed by atoms with Gasteiger partial charge in [0.05, 0.1) is 6.10 Å². The van der Waals surface area contributed by atoms with Crippen LogP contribution in [0.4, 0.5) is 0 Å². The van der Waals surface area contributed by atoms with Crippen LogP contribution in [0, 0.1) is 0 Å². The average molecular weight is 411 g/mol. The highest BCUT2D eigenvalue weighted by atomic mass is 16.5. The van der Waals surface area contributed by atoms with Crippen LogP contribution in [0.5, 0.6) is 23.0 Å². The van der Waals surface area contributed by atoms with Gasteiger partial charge in [-0.25, -0.2) is 0 Å². The van der Waals surface area contributed by atoms with Crippen molar-refractivity contribution in [3.8, 4) is 23.0 Å². The highest BCUT2D eigenvalue weighted by Crippen LogP contribution is 2.48. The summed E-state index contributed by atoms with van der Waals surface area (Å²) in [6.07, 6.45) is 3.72. The lowest BCUT2D eigenvalue weighted by molar-refractivity contribution is -0.0433. The van der Waals surface area contributed by atoms with E-state index in [2.05, 4.69) is 6.08 Å². The molecule has 2 aliphatic heterocycles. The topological polar surface area (TPSA) is 79.2 Å². The number of rotatable bonds is 3. The molecule has 2 heterocycles. The monoisotopic (exact) mass is 410 g/mol. The summed E-state index contributed by atoms with van der Waals surface area (Å²) in [6, 6.07) is 7.20. The van der Waals surface area contributed by atoms with Gasteiger partial charge in [-0.3, -0.25) is 0 Å². The van der Waals surface area contributed by atoms with Gasteiger partial charge in [-0.1, -0.05) is 17.7 Å². The number of phenols is 2. The highest BCUT2D eigenvalue weighted by molar-refractivity contribution is 5.58. The summed E-state index contributed by atoms with van der Waals surface area (Å²) in [7, 11) is 0. The lowest BCUT2D eigenvalue weighted by Crippen LogP contribution is -2.46. The van der Waals surface area contributed by atoms with Gasteiger partial charge < -0.3 is 24.8 Å². The SMILES string of the molecule is CC(C)=CCc1cc([C@@H]2CCc3ccc(O)cc3O2)c2c(c1O)OC(C)(C)[C@H](O)C2. The fraction of sp³-hybridized carbons (Fsp3) is 0.440. The first kappa shape index (κ1) is 20.6. The van der Waals surface area contributed by atoms with E-state index in [-0.39, 0.29) is 17.6 Å². The van der Waals surface area contributed by atoms with Crippen molar-refractivity contribution in [1.29, 1.82) is 0 Å². The fourth-order valence-corrected chi connectivity index (χ4v) is 4.19. The predicted molar refractivity (Wildman–Crippen MR) is 115 cm³/mol. The molecule has 5 nitrogen and oxygen atoms in total. The van der Waals surface area contributed by atoms with Crippen molar-refractivity contribution in [2.24, 2.45) is 0 Å². The molecule has 0 fully saturated rings. The zero-order chi connectivity index (χ0) is 21.6. The third-order valence-electron chi connectivity index (χ3n) is 6.11. The molecule has 0 bridgehead atoms. The van der Waals surface area contributed by atoms with Crippen molar-refractivity contribution >= 4 is 0 Å². The number of benzene rings is 2. The van der Waals surface area contributed by atoms with Gasteiger partial charge in [0.15, 0.2) is 11.5 Å². The van der Waals surface area contributed by atoms with Gasteiger partial charge in [-0.05, 0) is 70.2 Å². The number of aromatic hydroxyl groups is 2. The molecule has 0 aliphatic carbocycles. The average Bonchev–Trinajstić information content (AvgIpc) is 2.68. The number of ether oxygens (including phenoxy) is 2. The molecule has 0 saturated carbocycles. The van der Waals surface area contributed by atoms with E-state index in [1.54, 1.807) is 12.1 Å². The van der Waals surface area contributed by atoms with Crippen molar-refractivity contribution < 1.29 is 24.8 Å². The van der Waals surface area contributed by atoms with E-state index in [0.717, 1.165) is 35.1 Å². The minimum atomic E-state index is -0.789. The van der Waals surface area contributed by atoms with Crippen LogP contribution < -0.4 is 9.47 Å². The Bertz CT molecular complexity index is 1000. The van der Waals surface area contributed by atoms with Crippen molar-refractivity contribution in [1.82, 2.24) is 0 Å². The Morgan fingerprint density at radius 1 is 1.20 bits per heavy atom. The second kappa shape index (κ2) is 7.55. The lowest BCUT2D eigenvalue weighted by atomic mass is 9.84. The smallest absolute Gasteiger partial charge is 0.165 e. The van der Waals surface area contributed by atoms with Crippen molar-refractivity contribution in [3.05, 3.63) is 58.2 Å². The molecular formula is C25H30O5. The molecule has 0 spiro atoms. The van der Waals surface area contributed by atoms with Gasteiger partial charge in [0.1, 0.15) is 23.2 Å². The molecule has 0 aromatic heterocycles. The first-order valence-corrected chi connectivity index (χ1v) is 10.5. The minimum Gasteiger partial charge on any atom is -0.508 e. The van der Waals surface area contributed by atoms with Crippen LogP contribution >= 0.6 is 0 Å². The Morgan fingerprint density at radius 3 is 2.70 bits per heavy atom. The molecule has 2 aliphatic rings. The second-order valence-electron chi connectivity index (χ2n) is 9.13. The van der Waals surface area contributed by atoms with E-state index in [9.17, 15) is 15.3 Å². The Labute approximate surface area is 177 Å². The molecule has 160 valence electrons. The number of aliphatic hydroxyl groups excluding tert-OH is 1. The van der Waals surface area contributed by atoms with E-state index < -0.39 is 11.7 Å². The lowest BCUT2D eigenvalue weighted by Gasteiger charge is -2.39. The fourth-order valence-electron chi connectivity index (χ4n) is 4.19. The summed E-state index contributed by atoms with van der Waals surface area (Å²) < 4.78 is 12.4. The molecule has 0 radical (unpaired) electrons. The maximum absolute atomic E-state index is 11.0. The Hall–Kier alpha value is -2.66. The zero-order valence-corrected chi connectivity index (χ0v) is 18.0. The summed E-state index contributed by atoms with van der Waals surface area (Å²) in [5, 5.41) is 31.5. The standard InChI is InChI=1S/C25H30O5/c1-14(2)5-6-16-11-18(19-13-22(27)25(3,4)30-24(19)23(16)28)20-10-8-15-7-9-17(26)12-21(15)29-20/h5,7,9,11-12,20,22,26-28H,6,8,10,13H2,1-4H3/t20-,22+/m0/s1. The highest BCUT2D eigenvalue weighted by Gasteiger charge is 2.40. The van der Waals surface area contributed by atoms with E-state index in [1.165, 1.54) is 5.57 Å². The summed E-state index contributed by atoms with van der Waals surface area (Å²) in [5.74, 6) is 1.44. The number of phenolic OH excluding ortho intramolecular Hbond substituents is 2. The Kier molecular flexibility index (Phi) is 5.18. The van der Waals surface area contributed by atoms with Crippen molar-refractivity contribution in [2.45, 2.75) is 71.2 Å². The normalized spacial score (nSPS) is 21.6. The molecule has 3 N–H and O–H groups in total. The maximum atomic E-state index is 11.0. The zero-order valence-electron chi connectivity index (χ0n) is 18.0. The van der Waals surface area contributed by atoms with Gasteiger partial charge in [-0.2, -0.15) is 0 Å². The van der Waals surface area contributed by atoms with Gasteiger partial charge >= 0.3 is 0 Å². The van der Waals surface area contributed by atoms with Crippen LogP contribution in [-0.4, -0.2) is 27.0 Å². The number of aliphatic hydroxyl groups is 1. The summed E-state index contributed by atoms with van der Waals surface area (Å²) >= 11 is 0. The molecule has 0 amide bonds. The van der Waals surface area contributed by atoms with Crippen LogP contribution in [0.3, 0.4) is 0 Å². The number of allylic oxidation sites excluding steroid dienone is 2. The Morgan fingerprint density at radius 2 is 1.97 bits per heavy atom. The van der Waals surface area contributed by atoms with Crippen LogP contribution in [0.25, 0.3) is 0 Å². The van der Waals surface area contributed by atoms with Crippen molar-refractivity contribution in [3.63, 3.8) is 0 Å². The molecule has 30 heavy (non-hydrogen) atoms. The molecule has 0 saturated heterocycles. The minimum absolute atomic E-state index is 0.139.